The van der Waals surface area contributed by atoms with Crippen LogP contribution in [-0.4, -0.2) is 21.4 Å². The second-order valence-electron chi connectivity index (χ2n) is 5.59. The van der Waals surface area contributed by atoms with Gasteiger partial charge in [0.2, 0.25) is 17.6 Å². The van der Waals surface area contributed by atoms with Crippen LogP contribution in [0.3, 0.4) is 0 Å². The lowest BCUT2D eigenvalue weighted by molar-refractivity contribution is -0.141. The van der Waals surface area contributed by atoms with E-state index in [-0.39, 0.29) is 11.8 Å². The largest absolute Gasteiger partial charge is 0.473 e. The van der Waals surface area contributed by atoms with Crippen LogP contribution < -0.4 is 9.47 Å². The van der Waals surface area contributed by atoms with Gasteiger partial charge in [0.15, 0.2) is 5.69 Å². The highest BCUT2D eigenvalue weighted by molar-refractivity contribution is 5.31. The van der Waals surface area contributed by atoms with Gasteiger partial charge in [0.25, 0.3) is 0 Å². The highest BCUT2D eigenvalue weighted by atomic mass is 19.4. The van der Waals surface area contributed by atoms with Crippen molar-refractivity contribution in [2.24, 2.45) is 7.05 Å². The molecule has 24 heavy (non-hydrogen) atoms. The summed E-state index contributed by atoms with van der Waals surface area (Å²) in [7, 11) is 1.37. The zero-order chi connectivity index (χ0) is 17.3. The van der Waals surface area contributed by atoms with Gasteiger partial charge in [-0.2, -0.15) is 23.3 Å². The van der Waals surface area contributed by atoms with Crippen molar-refractivity contribution in [3.63, 3.8) is 0 Å². The first-order chi connectivity index (χ1) is 11.3. The molecule has 128 valence electrons. The Morgan fingerprint density at radius 3 is 2.54 bits per heavy atom. The number of ether oxygens (including phenoxy) is 2. The van der Waals surface area contributed by atoms with Crippen molar-refractivity contribution in [3.8, 4) is 17.6 Å². The third kappa shape index (κ3) is 4.06. The number of alkyl halides is 3. The number of aryl methyl sites for hydroxylation is 2. The third-order valence-corrected chi connectivity index (χ3v) is 3.40. The lowest BCUT2D eigenvalue weighted by atomic mass is 10.3. The van der Waals surface area contributed by atoms with Crippen LogP contribution in [0.1, 0.15) is 24.1 Å². The number of hydrogen-bond acceptors (Lipinski definition) is 4. The molecule has 5 nitrogen and oxygen atoms in total. The van der Waals surface area contributed by atoms with E-state index in [1.807, 2.05) is 13.0 Å². The minimum atomic E-state index is -4.52. The number of nitrogens with zero attached hydrogens (tertiary/aromatic N) is 3. The molecule has 1 saturated carbocycles. The molecule has 0 N–H and O–H groups in total. The summed E-state index contributed by atoms with van der Waals surface area (Å²) >= 11 is 0. The van der Waals surface area contributed by atoms with Crippen molar-refractivity contribution in [3.05, 3.63) is 41.1 Å². The fraction of sp³-hybridized carbons (Fsp3) is 0.375. The minimum Gasteiger partial charge on any atom is -0.473 e. The Kier molecular flexibility index (Phi) is 4.21. The molecule has 1 aliphatic carbocycles. The van der Waals surface area contributed by atoms with Gasteiger partial charge in [-0.05, 0) is 31.4 Å². The normalized spacial score (nSPS) is 13.8. The van der Waals surface area contributed by atoms with E-state index in [2.05, 4.69) is 10.1 Å². The van der Waals surface area contributed by atoms with Crippen molar-refractivity contribution in [1.29, 1.82) is 0 Å². The SMILES string of the molecule is Cc1cc(OCC=C2CC2)nc(Oc2cc(C(F)(F)F)nn2C)c1. The highest BCUT2D eigenvalue weighted by Gasteiger charge is 2.35. The first-order valence-corrected chi connectivity index (χ1v) is 7.40. The van der Waals surface area contributed by atoms with Crippen LogP contribution in [0.15, 0.2) is 29.8 Å². The number of halogens is 3. The second kappa shape index (κ2) is 6.18. The molecule has 2 aromatic heterocycles. The summed E-state index contributed by atoms with van der Waals surface area (Å²) < 4.78 is 50.1. The van der Waals surface area contributed by atoms with Gasteiger partial charge >= 0.3 is 6.18 Å². The molecule has 0 aromatic carbocycles. The van der Waals surface area contributed by atoms with E-state index in [1.165, 1.54) is 12.6 Å². The Bertz CT molecular complexity index is 775. The molecule has 2 aromatic rings. The molecule has 0 bridgehead atoms. The number of hydrogen-bond donors (Lipinski definition) is 0. The smallest absolute Gasteiger partial charge is 0.435 e. The molecule has 0 radical (unpaired) electrons. The molecule has 0 aliphatic heterocycles. The van der Waals surface area contributed by atoms with Crippen LogP contribution in [-0.2, 0) is 13.2 Å². The summed E-state index contributed by atoms with van der Waals surface area (Å²) in [4.78, 5) is 4.16. The summed E-state index contributed by atoms with van der Waals surface area (Å²) in [6, 6.07) is 4.19. The van der Waals surface area contributed by atoms with Gasteiger partial charge in [0.1, 0.15) is 6.61 Å². The molecule has 1 fully saturated rings. The summed E-state index contributed by atoms with van der Waals surface area (Å²) in [6.07, 6.45) is -0.298. The Balaban J connectivity index is 1.75. The van der Waals surface area contributed by atoms with Gasteiger partial charge in [0.05, 0.1) is 0 Å². The van der Waals surface area contributed by atoms with E-state index in [9.17, 15) is 13.2 Å². The summed E-state index contributed by atoms with van der Waals surface area (Å²) in [5.74, 6) is 0.466. The molecule has 3 rings (SSSR count). The van der Waals surface area contributed by atoms with E-state index in [0.29, 0.717) is 12.5 Å². The zero-order valence-corrected chi connectivity index (χ0v) is 13.2. The molecule has 2 heterocycles. The molecule has 0 spiro atoms. The fourth-order valence-electron chi connectivity index (χ4n) is 2.04. The topological polar surface area (TPSA) is 49.2 Å². The van der Waals surface area contributed by atoms with E-state index in [1.54, 1.807) is 12.1 Å². The zero-order valence-electron chi connectivity index (χ0n) is 13.2. The number of aromatic nitrogens is 3. The second-order valence-corrected chi connectivity index (χ2v) is 5.59. The number of pyridine rings is 1. The van der Waals surface area contributed by atoms with Crippen molar-refractivity contribution in [2.75, 3.05) is 6.61 Å². The molecule has 0 saturated heterocycles. The van der Waals surface area contributed by atoms with E-state index in [4.69, 9.17) is 9.47 Å². The number of rotatable bonds is 5. The molecule has 8 heteroatoms. The lowest BCUT2D eigenvalue weighted by Crippen LogP contribution is -2.06. The van der Waals surface area contributed by atoms with E-state index < -0.39 is 11.9 Å². The quantitative estimate of drug-likeness (QED) is 0.772. The predicted molar refractivity (Wildman–Crippen MR) is 80.1 cm³/mol. The van der Waals surface area contributed by atoms with Crippen molar-refractivity contribution >= 4 is 0 Å². The highest BCUT2D eigenvalue weighted by Crippen LogP contribution is 2.32. The Hall–Kier alpha value is -2.51. The predicted octanol–water partition coefficient (Wildman–Crippen LogP) is 4.03. The molecular weight excluding hydrogens is 323 g/mol. The van der Waals surface area contributed by atoms with Crippen LogP contribution in [0, 0.1) is 6.92 Å². The van der Waals surface area contributed by atoms with Crippen LogP contribution >= 0.6 is 0 Å². The maximum atomic E-state index is 12.7. The minimum absolute atomic E-state index is 0.0496. The van der Waals surface area contributed by atoms with E-state index >= 15 is 0 Å². The number of allylic oxidation sites excluding steroid dienone is 1. The molecular formula is C16H16F3N3O2. The average Bonchev–Trinajstić information content (AvgIpc) is 3.21. The Morgan fingerprint density at radius 1 is 1.21 bits per heavy atom. The van der Waals surface area contributed by atoms with Crippen LogP contribution in [0.2, 0.25) is 0 Å². The van der Waals surface area contributed by atoms with Gasteiger partial charge in [-0.1, -0.05) is 5.57 Å². The van der Waals surface area contributed by atoms with Gasteiger partial charge in [-0.25, -0.2) is 4.68 Å². The monoisotopic (exact) mass is 339 g/mol. The van der Waals surface area contributed by atoms with Crippen molar-refractivity contribution in [1.82, 2.24) is 14.8 Å². The molecule has 0 unspecified atom stereocenters. The maximum Gasteiger partial charge on any atom is 0.435 e. The molecule has 0 atom stereocenters. The van der Waals surface area contributed by atoms with E-state index in [0.717, 1.165) is 29.2 Å². The molecule has 0 amide bonds. The average molecular weight is 339 g/mol. The van der Waals surface area contributed by atoms with Crippen LogP contribution in [0.5, 0.6) is 17.6 Å². The third-order valence-electron chi connectivity index (χ3n) is 3.40. The Labute approximate surface area is 136 Å². The van der Waals surface area contributed by atoms with Gasteiger partial charge in [-0.15, -0.1) is 0 Å². The Morgan fingerprint density at radius 2 is 1.92 bits per heavy atom. The summed E-state index contributed by atoms with van der Waals surface area (Å²) in [6.45, 7) is 2.24. The van der Waals surface area contributed by atoms with Crippen LogP contribution in [0.4, 0.5) is 13.2 Å². The van der Waals surface area contributed by atoms with Gasteiger partial charge in [0, 0.05) is 25.2 Å². The van der Waals surface area contributed by atoms with Crippen molar-refractivity contribution < 1.29 is 22.6 Å². The summed E-state index contributed by atoms with van der Waals surface area (Å²) in [5.41, 5.74) is 1.17. The summed E-state index contributed by atoms with van der Waals surface area (Å²) in [5, 5.41) is 3.40. The van der Waals surface area contributed by atoms with Crippen LogP contribution in [0.25, 0.3) is 0 Å². The van der Waals surface area contributed by atoms with Gasteiger partial charge in [-0.3, -0.25) is 0 Å². The first-order valence-electron chi connectivity index (χ1n) is 7.40. The first kappa shape index (κ1) is 16.4. The maximum absolute atomic E-state index is 12.7. The molecule has 1 aliphatic rings. The standard InChI is InChI=1S/C16H16F3N3O2/c1-10-7-13(23-6-5-11-3-4-11)20-14(8-10)24-15-9-12(16(17,18)19)21-22(15)2/h5,7-9H,3-4,6H2,1-2H3. The fourth-order valence-corrected chi connectivity index (χ4v) is 2.04. The van der Waals surface area contributed by atoms with Gasteiger partial charge < -0.3 is 9.47 Å². The lowest BCUT2D eigenvalue weighted by Gasteiger charge is -2.08. The van der Waals surface area contributed by atoms with Crippen molar-refractivity contribution in [2.45, 2.75) is 25.9 Å².